The Morgan fingerprint density at radius 1 is 0.906 bits per heavy atom. The largest absolute Gasteiger partial charge is 0.497 e. The van der Waals surface area contributed by atoms with E-state index in [1.54, 1.807) is 7.11 Å². The van der Waals surface area contributed by atoms with Crippen molar-refractivity contribution in [1.29, 1.82) is 0 Å². The van der Waals surface area contributed by atoms with Crippen molar-refractivity contribution >= 4 is 21.5 Å². The second-order valence-electron chi connectivity index (χ2n) is 7.15. The molecule has 0 radical (unpaired) electrons. The molecule has 166 valence electrons. The number of benzene rings is 2. The van der Waals surface area contributed by atoms with Crippen molar-refractivity contribution in [2.45, 2.75) is 4.90 Å². The van der Waals surface area contributed by atoms with Crippen molar-refractivity contribution in [3.63, 3.8) is 0 Å². The van der Waals surface area contributed by atoms with E-state index in [1.165, 1.54) is 28.6 Å². The van der Waals surface area contributed by atoms with Crippen molar-refractivity contribution in [1.82, 2.24) is 14.5 Å². The van der Waals surface area contributed by atoms with E-state index in [2.05, 4.69) is 10.2 Å². The van der Waals surface area contributed by atoms with Crippen molar-refractivity contribution in [2.75, 3.05) is 38.2 Å². The van der Waals surface area contributed by atoms with Gasteiger partial charge in [-0.25, -0.2) is 8.42 Å². The Labute approximate surface area is 185 Å². The number of piperazine rings is 1. The zero-order valence-corrected chi connectivity index (χ0v) is 18.1. The second-order valence-corrected chi connectivity index (χ2v) is 9.09. The first kappa shape index (κ1) is 21.7. The van der Waals surface area contributed by atoms with Crippen molar-refractivity contribution < 1.29 is 18.1 Å². The lowest BCUT2D eigenvalue weighted by Crippen LogP contribution is -2.48. The van der Waals surface area contributed by atoms with Crippen molar-refractivity contribution in [2.24, 2.45) is 0 Å². The molecule has 4 rings (SSSR count). The molecule has 10 nitrogen and oxygen atoms in total. The number of hydrogen-bond acceptors (Lipinski definition) is 8. The number of nitro groups is 1. The number of nitrogens with zero attached hydrogens (tertiary/aromatic N) is 5. The predicted octanol–water partition coefficient (Wildman–Crippen LogP) is 2.57. The Morgan fingerprint density at radius 3 is 2.09 bits per heavy atom. The molecule has 0 saturated carbocycles. The van der Waals surface area contributed by atoms with Crippen LogP contribution in [-0.4, -0.2) is 61.1 Å². The van der Waals surface area contributed by atoms with Gasteiger partial charge < -0.3 is 9.64 Å². The van der Waals surface area contributed by atoms with Crippen molar-refractivity contribution in [3.05, 3.63) is 70.8 Å². The molecule has 2 heterocycles. The summed E-state index contributed by atoms with van der Waals surface area (Å²) in [6.45, 7) is 1.48. The van der Waals surface area contributed by atoms with Gasteiger partial charge in [-0.15, -0.1) is 10.2 Å². The molecule has 0 amide bonds. The molecule has 2 aromatic carbocycles. The number of rotatable bonds is 6. The van der Waals surface area contributed by atoms with Gasteiger partial charge in [0.1, 0.15) is 5.75 Å². The molecule has 0 bridgehead atoms. The maximum absolute atomic E-state index is 12.9. The number of aromatic nitrogens is 2. The highest BCUT2D eigenvalue weighted by atomic mass is 32.2. The van der Waals surface area contributed by atoms with E-state index in [0.29, 0.717) is 18.9 Å². The maximum atomic E-state index is 12.9. The van der Waals surface area contributed by atoms with E-state index in [0.717, 1.165) is 17.0 Å². The third kappa shape index (κ3) is 4.39. The van der Waals surface area contributed by atoms with Crippen LogP contribution in [0.5, 0.6) is 5.75 Å². The van der Waals surface area contributed by atoms with Gasteiger partial charge in [0.25, 0.3) is 5.69 Å². The van der Waals surface area contributed by atoms with Crippen LogP contribution in [-0.2, 0) is 10.0 Å². The van der Waals surface area contributed by atoms with Crippen LogP contribution in [0.2, 0.25) is 0 Å². The maximum Gasteiger partial charge on any atom is 0.269 e. The minimum Gasteiger partial charge on any atom is -0.497 e. The summed E-state index contributed by atoms with van der Waals surface area (Å²) in [5.41, 5.74) is 1.50. The third-order valence-electron chi connectivity index (χ3n) is 5.28. The Balaban J connectivity index is 1.41. The number of sulfonamides is 1. The number of nitro benzene ring substituents is 1. The molecule has 1 aliphatic rings. The standard InChI is InChI=1S/C21H21N5O5S/c1-31-18-6-2-16(3-7-18)20-10-11-21(23-22-20)24-12-14-25(15-13-24)32(29,30)19-8-4-17(5-9-19)26(27)28/h2-11H,12-15H2,1H3. The fourth-order valence-electron chi connectivity index (χ4n) is 3.46. The average molecular weight is 455 g/mol. The predicted molar refractivity (Wildman–Crippen MR) is 118 cm³/mol. The second kappa shape index (κ2) is 8.89. The Morgan fingerprint density at radius 2 is 1.56 bits per heavy atom. The van der Waals surface area contributed by atoms with Crippen LogP contribution in [0.25, 0.3) is 11.3 Å². The minimum atomic E-state index is -3.72. The summed E-state index contributed by atoms with van der Waals surface area (Å²) in [4.78, 5) is 12.2. The highest BCUT2D eigenvalue weighted by molar-refractivity contribution is 7.89. The summed E-state index contributed by atoms with van der Waals surface area (Å²) >= 11 is 0. The molecule has 0 N–H and O–H groups in total. The van der Waals surface area contributed by atoms with Crippen LogP contribution in [0.15, 0.2) is 65.6 Å². The fraction of sp³-hybridized carbons (Fsp3) is 0.238. The molecule has 32 heavy (non-hydrogen) atoms. The van der Waals surface area contributed by atoms with E-state index < -0.39 is 14.9 Å². The van der Waals surface area contributed by atoms with Crippen molar-refractivity contribution in [3.8, 4) is 17.0 Å². The van der Waals surface area contributed by atoms with Crippen LogP contribution in [0.4, 0.5) is 11.5 Å². The van der Waals surface area contributed by atoms with E-state index in [-0.39, 0.29) is 23.7 Å². The number of methoxy groups -OCH3 is 1. The van der Waals surface area contributed by atoms with Crippen LogP contribution in [0.3, 0.4) is 0 Å². The third-order valence-corrected chi connectivity index (χ3v) is 7.20. The quantitative estimate of drug-likeness (QED) is 0.411. The summed E-state index contributed by atoms with van der Waals surface area (Å²) in [7, 11) is -2.11. The highest BCUT2D eigenvalue weighted by Gasteiger charge is 2.29. The molecule has 0 spiro atoms. The lowest BCUT2D eigenvalue weighted by Gasteiger charge is -2.34. The molecular formula is C21H21N5O5S. The summed E-state index contributed by atoms with van der Waals surface area (Å²) in [5, 5.41) is 19.4. The van der Waals surface area contributed by atoms with E-state index >= 15 is 0 Å². The molecule has 0 unspecified atom stereocenters. The first-order valence-electron chi connectivity index (χ1n) is 9.86. The molecule has 1 aliphatic heterocycles. The molecule has 0 aliphatic carbocycles. The van der Waals surface area contributed by atoms with Gasteiger partial charge >= 0.3 is 0 Å². The van der Waals surface area contributed by atoms with Crippen LogP contribution >= 0.6 is 0 Å². The molecule has 0 atom stereocenters. The van der Waals surface area contributed by atoms with Gasteiger partial charge in [0.05, 0.1) is 22.6 Å². The van der Waals surface area contributed by atoms with Crippen LogP contribution in [0, 0.1) is 10.1 Å². The molecule has 1 saturated heterocycles. The van der Waals surface area contributed by atoms with Gasteiger partial charge in [0, 0.05) is 43.9 Å². The van der Waals surface area contributed by atoms with Gasteiger partial charge in [0.15, 0.2) is 5.82 Å². The zero-order chi connectivity index (χ0) is 22.7. The molecule has 1 aromatic heterocycles. The SMILES string of the molecule is COc1ccc(-c2ccc(N3CCN(S(=O)(=O)c4ccc([N+](=O)[O-])cc4)CC3)nn2)cc1. The zero-order valence-electron chi connectivity index (χ0n) is 17.3. The lowest BCUT2D eigenvalue weighted by atomic mass is 10.1. The Bertz CT molecular complexity index is 1190. The first-order valence-corrected chi connectivity index (χ1v) is 11.3. The van der Waals surface area contributed by atoms with Gasteiger partial charge in [-0.05, 0) is 48.5 Å². The normalized spacial score (nSPS) is 14.8. The van der Waals surface area contributed by atoms with Gasteiger partial charge in [-0.1, -0.05) is 0 Å². The summed E-state index contributed by atoms with van der Waals surface area (Å²) < 4.78 is 32.3. The Kier molecular flexibility index (Phi) is 6.01. The fourth-order valence-corrected chi connectivity index (χ4v) is 4.88. The smallest absolute Gasteiger partial charge is 0.269 e. The van der Waals surface area contributed by atoms with Crippen LogP contribution in [0.1, 0.15) is 0 Å². The average Bonchev–Trinajstić information content (AvgIpc) is 2.84. The first-order chi connectivity index (χ1) is 15.4. The summed E-state index contributed by atoms with van der Waals surface area (Å²) in [5.74, 6) is 1.44. The number of non-ortho nitro benzene ring substituents is 1. The van der Waals surface area contributed by atoms with Gasteiger partial charge in [-0.3, -0.25) is 10.1 Å². The van der Waals surface area contributed by atoms with E-state index in [4.69, 9.17) is 4.74 Å². The highest BCUT2D eigenvalue weighted by Crippen LogP contribution is 2.24. The molecular weight excluding hydrogens is 434 g/mol. The summed E-state index contributed by atoms with van der Waals surface area (Å²) in [6, 6.07) is 16.2. The number of hydrogen-bond donors (Lipinski definition) is 0. The van der Waals surface area contributed by atoms with E-state index in [9.17, 15) is 18.5 Å². The lowest BCUT2D eigenvalue weighted by molar-refractivity contribution is -0.384. The van der Waals surface area contributed by atoms with Crippen LogP contribution < -0.4 is 9.64 Å². The Hall–Kier alpha value is -3.57. The molecule has 3 aromatic rings. The molecule has 11 heteroatoms. The van der Waals surface area contributed by atoms with E-state index in [1.807, 2.05) is 41.3 Å². The topological polar surface area (TPSA) is 119 Å². The summed E-state index contributed by atoms with van der Waals surface area (Å²) in [6.07, 6.45) is 0. The van der Waals surface area contributed by atoms with Gasteiger partial charge in [0.2, 0.25) is 10.0 Å². The number of ether oxygens (including phenoxy) is 1. The molecule has 1 fully saturated rings. The monoisotopic (exact) mass is 455 g/mol. The van der Waals surface area contributed by atoms with Gasteiger partial charge in [-0.2, -0.15) is 4.31 Å². The number of anilines is 1. The minimum absolute atomic E-state index is 0.0418.